The summed E-state index contributed by atoms with van der Waals surface area (Å²) in [7, 11) is 0. The summed E-state index contributed by atoms with van der Waals surface area (Å²) in [5, 5.41) is 15.6. The Labute approximate surface area is 208 Å². The van der Waals surface area contributed by atoms with E-state index in [0.717, 1.165) is 21.5 Å². The first-order valence-electron chi connectivity index (χ1n) is 11.5. The number of hydrogen-bond donors (Lipinski definition) is 3. The Morgan fingerprint density at radius 3 is 2.64 bits per heavy atom. The van der Waals surface area contributed by atoms with Crippen molar-refractivity contribution in [1.82, 2.24) is 9.97 Å². The standard InChI is InChI=1S/C27H24N6O3/c1-18-17-33(27(35)20-8-13-32(36)14-9-20)24-15-21(4-5-22(18)24)31-26(34)23-3-2-10-29-25(23)30-16-19-6-11-28-12-7-19/h2-15,18H,16-17H2,1H3,(H2-,29,30,31,34,35,36)/p+1. The third-order valence-electron chi connectivity index (χ3n) is 6.13. The van der Waals surface area contributed by atoms with E-state index in [1.807, 2.05) is 30.3 Å². The highest BCUT2D eigenvalue weighted by molar-refractivity contribution is 6.09. The Balaban J connectivity index is 1.35. The molecule has 1 aromatic carbocycles. The molecule has 1 aliphatic heterocycles. The number of carbonyl (C=O) groups is 2. The van der Waals surface area contributed by atoms with Crippen LogP contribution in [0.2, 0.25) is 0 Å². The van der Waals surface area contributed by atoms with E-state index < -0.39 is 0 Å². The van der Waals surface area contributed by atoms with Crippen molar-refractivity contribution in [2.45, 2.75) is 19.4 Å². The number of anilines is 3. The van der Waals surface area contributed by atoms with Crippen molar-refractivity contribution in [1.29, 1.82) is 0 Å². The Morgan fingerprint density at radius 1 is 1.08 bits per heavy atom. The molecule has 4 aromatic rings. The molecule has 0 aliphatic carbocycles. The lowest BCUT2D eigenvalue weighted by Crippen LogP contribution is -2.32. The molecule has 5 rings (SSSR count). The van der Waals surface area contributed by atoms with Gasteiger partial charge in [0.25, 0.3) is 11.8 Å². The maximum Gasteiger partial charge on any atom is 0.259 e. The van der Waals surface area contributed by atoms with Crippen molar-refractivity contribution in [2.24, 2.45) is 0 Å². The van der Waals surface area contributed by atoms with Gasteiger partial charge in [0.1, 0.15) is 5.82 Å². The van der Waals surface area contributed by atoms with Crippen molar-refractivity contribution < 1.29 is 19.5 Å². The summed E-state index contributed by atoms with van der Waals surface area (Å²) < 4.78 is 0.892. The first-order valence-corrected chi connectivity index (χ1v) is 11.5. The first kappa shape index (κ1) is 23.0. The van der Waals surface area contributed by atoms with Crippen molar-refractivity contribution in [2.75, 3.05) is 22.1 Å². The van der Waals surface area contributed by atoms with Crippen molar-refractivity contribution in [3.8, 4) is 0 Å². The average molecular weight is 482 g/mol. The number of nitrogens with zero attached hydrogens (tertiary/aromatic N) is 4. The lowest BCUT2D eigenvalue weighted by molar-refractivity contribution is -0.904. The van der Waals surface area contributed by atoms with Crippen LogP contribution in [0.25, 0.3) is 0 Å². The fraction of sp³-hybridized carbons (Fsp3) is 0.148. The molecule has 3 N–H and O–H groups in total. The van der Waals surface area contributed by atoms with Crippen LogP contribution in [-0.2, 0) is 6.54 Å². The van der Waals surface area contributed by atoms with E-state index in [1.54, 1.807) is 47.8 Å². The molecule has 36 heavy (non-hydrogen) atoms. The molecule has 1 aliphatic rings. The molecule has 4 heterocycles. The summed E-state index contributed by atoms with van der Waals surface area (Å²) >= 11 is 0. The second-order valence-electron chi connectivity index (χ2n) is 8.62. The lowest BCUT2D eigenvalue weighted by Gasteiger charge is -2.18. The number of aromatic nitrogens is 3. The van der Waals surface area contributed by atoms with Gasteiger partial charge in [-0.1, -0.05) is 13.0 Å². The lowest BCUT2D eigenvalue weighted by atomic mass is 10.0. The van der Waals surface area contributed by atoms with E-state index in [9.17, 15) is 14.8 Å². The fourth-order valence-corrected chi connectivity index (χ4v) is 4.27. The van der Waals surface area contributed by atoms with Gasteiger partial charge in [-0.05, 0) is 47.5 Å². The van der Waals surface area contributed by atoms with Gasteiger partial charge in [-0.3, -0.25) is 19.8 Å². The van der Waals surface area contributed by atoms with Crippen LogP contribution in [0.1, 0.15) is 44.7 Å². The minimum Gasteiger partial charge on any atom is -0.365 e. The van der Waals surface area contributed by atoms with E-state index in [2.05, 4.69) is 27.5 Å². The van der Waals surface area contributed by atoms with Gasteiger partial charge in [-0.15, -0.1) is 0 Å². The van der Waals surface area contributed by atoms with Gasteiger partial charge in [0.05, 0.1) is 11.1 Å². The Hall–Kier alpha value is -4.79. The van der Waals surface area contributed by atoms with Crippen LogP contribution in [0.4, 0.5) is 17.2 Å². The molecule has 0 saturated heterocycles. The number of hydrogen-bond acceptors (Lipinski definition) is 6. The van der Waals surface area contributed by atoms with E-state index in [4.69, 9.17) is 0 Å². The molecule has 0 radical (unpaired) electrons. The van der Waals surface area contributed by atoms with E-state index in [1.165, 1.54) is 12.4 Å². The van der Waals surface area contributed by atoms with Gasteiger partial charge in [-0.25, -0.2) is 4.98 Å². The zero-order chi connectivity index (χ0) is 25.1. The van der Waals surface area contributed by atoms with E-state index in [-0.39, 0.29) is 17.7 Å². The van der Waals surface area contributed by atoms with Crippen LogP contribution >= 0.6 is 0 Å². The SMILES string of the molecule is CC1CN(C(=O)c2cc[n+](O)cc2)c2cc(NC(=O)c3cccnc3NCc3ccncc3)ccc21. The fourth-order valence-electron chi connectivity index (χ4n) is 4.27. The van der Waals surface area contributed by atoms with Gasteiger partial charge in [0, 0.05) is 65.8 Å². The Morgan fingerprint density at radius 2 is 1.86 bits per heavy atom. The number of carbonyl (C=O) groups excluding carboxylic acids is 2. The summed E-state index contributed by atoms with van der Waals surface area (Å²) in [6, 6.07) is 16.0. The predicted molar refractivity (Wildman–Crippen MR) is 134 cm³/mol. The van der Waals surface area contributed by atoms with Gasteiger partial charge >= 0.3 is 0 Å². The molecule has 0 spiro atoms. The molecule has 2 amide bonds. The quantitative estimate of drug-likeness (QED) is 0.287. The van der Waals surface area contributed by atoms with Crippen LogP contribution in [0.3, 0.4) is 0 Å². The first-order chi connectivity index (χ1) is 17.5. The molecule has 9 heteroatoms. The van der Waals surface area contributed by atoms with E-state index >= 15 is 0 Å². The third kappa shape index (κ3) is 4.72. The number of nitrogens with one attached hydrogen (secondary N) is 2. The van der Waals surface area contributed by atoms with Crippen molar-refractivity contribution in [3.05, 3.63) is 108 Å². The second-order valence-corrected chi connectivity index (χ2v) is 8.62. The monoisotopic (exact) mass is 481 g/mol. The summed E-state index contributed by atoms with van der Waals surface area (Å²) in [6.45, 7) is 3.10. The molecule has 3 aromatic heterocycles. The largest absolute Gasteiger partial charge is 0.365 e. The summed E-state index contributed by atoms with van der Waals surface area (Å²) in [6.07, 6.45) is 7.89. The third-order valence-corrected chi connectivity index (χ3v) is 6.13. The van der Waals surface area contributed by atoms with Gasteiger partial charge < -0.3 is 15.5 Å². The smallest absolute Gasteiger partial charge is 0.259 e. The topological polar surface area (TPSA) is 111 Å². The molecule has 0 fully saturated rings. The van der Waals surface area contributed by atoms with Crippen molar-refractivity contribution >= 4 is 29.0 Å². The van der Waals surface area contributed by atoms with Crippen molar-refractivity contribution in [3.63, 3.8) is 0 Å². The number of rotatable bonds is 6. The Bertz CT molecular complexity index is 1410. The minimum absolute atomic E-state index is 0.155. The highest BCUT2D eigenvalue weighted by atomic mass is 16.5. The summed E-state index contributed by atoms with van der Waals surface area (Å²) in [5.41, 5.74) is 4.27. The summed E-state index contributed by atoms with van der Waals surface area (Å²) in [5.74, 6) is 0.158. The molecular formula is C27H25N6O3+. The predicted octanol–water partition coefficient (Wildman–Crippen LogP) is 3.63. The number of benzene rings is 1. The van der Waals surface area contributed by atoms with Crippen LogP contribution in [-0.4, -0.2) is 33.5 Å². The summed E-state index contributed by atoms with van der Waals surface area (Å²) in [4.78, 5) is 36.4. The number of pyridine rings is 3. The molecule has 9 nitrogen and oxygen atoms in total. The van der Waals surface area contributed by atoms with Gasteiger partial charge in [0.15, 0.2) is 0 Å². The van der Waals surface area contributed by atoms with Crippen LogP contribution in [0, 0.1) is 0 Å². The van der Waals surface area contributed by atoms with Crippen LogP contribution in [0.5, 0.6) is 0 Å². The molecule has 0 saturated carbocycles. The molecule has 1 atom stereocenters. The normalized spacial score (nSPS) is 14.2. The van der Waals surface area contributed by atoms with Gasteiger partial charge in [-0.2, -0.15) is 0 Å². The maximum absolute atomic E-state index is 13.2. The van der Waals surface area contributed by atoms with Crippen LogP contribution < -0.4 is 20.3 Å². The highest BCUT2D eigenvalue weighted by Crippen LogP contribution is 2.38. The molecular weight excluding hydrogens is 456 g/mol. The van der Waals surface area contributed by atoms with Crippen LogP contribution in [0.15, 0.2) is 85.6 Å². The maximum atomic E-state index is 13.2. The molecule has 0 bridgehead atoms. The zero-order valence-electron chi connectivity index (χ0n) is 19.6. The molecule has 180 valence electrons. The van der Waals surface area contributed by atoms with E-state index in [0.29, 0.717) is 35.7 Å². The highest BCUT2D eigenvalue weighted by Gasteiger charge is 2.31. The number of amides is 2. The molecule has 1 unspecified atom stereocenters. The van der Waals surface area contributed by atoms with Gasteiger partial charge in [0.2, 0.25) is 12.4 Å². The number of fused-ring (bicyclic) bond motifs is 1. The zero-order valence-corrected chi connectivity index (χ0v) is 19.6. The second kappa shape index (κ2) is 9.83. The minimum atomic E-state index is -0.306. The Kier molecular flexibility index (Phi) is 6.27. The average Bonchev–Trinajstić information content (AvgIpc) is 3.23.